The molecule has 1 heterocycles. The summed E-state index contributed by atoms with van der Waals surface area (Å²) in [5.74, 6) is 1.62. The predicted octanol–water partition coefficient (Wildman–Crippen LogP) is 5.18. The van der Waals surface area contributed by atoms with Crippen LogP contribution in [0.3, 0.4) is 0 Å². The smallest absolute Gasteiger partial charge is 0.161 e. The molecular weight excluding hydrogens is 342 g/mol. The first-order valence-electron chi connectivity index (χ1n) is 8.40. The molecule has 0 bridgehead atoms. The molecule has 1 aliphatic rings. The van der Waals surface area contributed by atoms with Gasteiger partial charge in [-0.1, -0.05) is 31.4 Å². The van der Waals surface area contributed by atoms with Gasteiger partial charge in [-0.2, -0.15) is 0 Å². The van der Waals surface area contributed by atoms with E-state index in [1.165, 1.54) is 42.5 Å². The lowest BCUT2D eigenvalue weighted by molar-refractivity contribution is 0.287. The molecule has 0 unspecified atom stereocenters. The van der Waals surface area contributed by atoms with Gasteiger partial charge in [-0.3, -0.25) is 0 Å². The van der Waals surface area contributed by atoms with Gasteiger partial charge in [-0.05, 0) is 42.0 Å². The van der Waals surface area contributed by atoms with E-state index in [0.717, 1.165) is 18.0 Å². The average Bonchev–Trinajstić information content (AvgIpc) is 3.13. The fourth-order valence-corrected chi connectivity index (χ4v) is 3.67. The van der Waals surface area contributed by atoms with E-state index in [9.17, 15) is 0 Å². The molecule has 3 rings (SSSR count). The molecule has 0 amide bonds. The maximum atomic E-state index is 5.89. The molecule has 0 aliphatic heterocycles. The van der Waals surface area contributed by atoms with Gasteiger partial charge in [-0.15, -0.1) is 23.7 Å². The van der Waals surface area contributed by atoms with E-state index in [0.29, 0.717) is 12.6 Å². The first-order valence-corrected chi connectivity index (χ1v) is 9.28. The van der Waals surface area contributed by atoms with Crippen molar-refractivity contribution in [1.82, 2.24) is 5.32 Å². The largest absolute Gasteiger partial charge is 0.493 e. The zero-order valence-corrected chi connectivity index (χ0v) is 15.8. The molecule has 0 saturated heterocycles. The predicted molar refractivity (Wildman–Crippen MR) is 103 cm³/mol. The van der Waals surface area contributed by atoms with Gasteiger partial charge in [0.05, 0.1) is 7.11 Å². The van der Waals surface area contributed by atoms with Crippen LogP contribution in [0.15, 0.2) is 35.7 Å². The van der Waals surface area contributed by atoms with Crippen LogP contribution >= 0.6 is 23.7 Å². The highest BCUT2D eigenvalue weighted by molar-refractivity contribution is 7.09. The molecule has 2 aromatic rings. The van der Waals surface area contributed by atoms with E-state index in [-0.39, 0.29) is 12.4 Å². The van der Waals surface area contributed by atoms with Crippen molar-refractivity contribution in [3.63, 3.8) is 0 Å². The van der Waals surface area contributed by atoms with E-state index < -0.39 is 0 Å². The number of hydrogen-bond donors (Lipinski definition) is 1. The zero-order chi connectivity index (χ0) is 15.9. The van der Waals surface area contributed by atoms with Crippen molar-refractivity contribution < 1.29 is 9.47 Å². The van der Waals surface area contributed by atoms with Crippen LogP contribution < -0.4 is 14.8 Å². The Morgan fingerprint density at radius 3 is 2.67 bits per heavy atom. The first kappa shape index (κ1) is 19.1. The van der Waals surface area contributed by atoms with Crippen molar-refractivity contribution in [2.45, 2.75) is 51.3 Å². The van der Waals surface area contributed by atoms with E-state index in [4.69, 9.17) is 9.47 Å². The summed E-state index contributed by atoms with van der Waals surface area (Å²) in [7, 11) is 1.70. The Morgan fingerprint density at radius 1 is 1.12 bits per heavy atom. The van der Waals surface area contributed by atoms with E-state index in [1.807, 2.05) is 12.1 Å². The molecule has 1 aromatic carbocycles. The van der Waals surface area contributed by atoms with E-state index in [2.05, 4.69) is 28.9 Å². The monoisotopic (exact) mass is 367 g/mol. The van der Waals surface area contributed by atoms with Gasteiger partial charge < -0.3 is 14.8 Å². The fraction of sp³-hybridized carbons (Fsp3) is 0.474. The quantitative estimate of drug-likeness (QED) is 0.731. The Kier molecular flexibility index (Phi) is 7.89. The van der Waals surface area contributed by atoms with E-state index >= 15 is 0 Å². The molecule has 1 saturated carbocycles. The van der Waals surface area contributed by atoms with Crippen molar-refractivity contribution in [1.29, 1.82) is 0 Å². The molecule has 1 aliphatic carbocycles. The van der Waals surface area contributed by atoms with Crippen LogP contribution in [0.4, 0.5) is 0 Å². The van der Waals surface area contributed by atoms with Crippen LogP contribution in [-0.2, 0) is 13.2 Å². The SMILES string of the molecule is COc1cc(CNC2CCCCC2)ccc1OCc1cccs1.Cl. The second-order valence-electron chi connectivity index (χ2n) is 6.07. The number of methoxy groups -OCH3 is 1. The molecule has 132 valence electrons. The lowest BCUT2D eigenvalue weighted by atomic mass is 9.95. The summed E-state index contributed by atoms with van der Waals surface area (Å²) in [6.45, 7) is 1.49. The van der Waals surface area contributed by atoms with Gasteiger partial charge in [0.15, 0.2) is 11.5 Å². The topological polar surface area (TPSA) is 30.5 Å². The summed E-state index contributed by atoms with van der Waals surface area (Å²) in [5, 5.41) is 5.73. The van der Waals surface area contributed by atoms with Gasteiger partial charge in [0, 0.05) is 17.5 Å². The van der Waals surface area contributed by atoms with Crippen LogP contribution in [-0.4, -0.2) is 13.2 Å². The lowest BCUT2D eigenvalue weighted by Gasteiger charge is -2.23. The van der Waals surface area contributed by atoms with Gasteiger partial charge in [0.1, 0.15) is 6.61 Å². The Bertz CT molecular complexity index is 597. The molecule has 1 N–H and O–H groups in total. The Hall–Kier alpha value is -1.23. The van der Waals surface area contributed by atoms with Gasteiger partial charge in [0.25, 0.3) is 0 Å². The van der Waals surface area contributed by atoms with Gasteiger partial charge in [0.2, 0.25) is 0 Å². The van der Waals surface area contributed by atoms with Crippen molar-refractivity contribution in [2.75, 3.05) is 7.11 Å². The Labute approximate surface area is 154 Å². The normalized spacial score (nSPS) is 14.9. The maximum absolute atomic E-state index is 5.89. The summed E-state index contributed by atoms with van der Waals surface area (Å²) in [4.78, 5) is 1.22. The average molecular weight is 368 g/mol. The van der Waals surface area contributed by atoms with Crippen LogP contribution in [0.25, 0.3) is 0 Å². The van der Waals surface area contributed by atoms with Crippen molar-refractivity contribution in [2.24, 2.45) is 0 Å². The molecule has 24 heavy (non-hydrogen) atoms. The fourth-order valence-electron chi connectivity index (χ4n) is 3.05. The van der Waals surface area contributed by atoms with Crippen molar-refractivity contribution in [3.8, 4) is 11.5 Å². The summed E-state index contributed by atoms with van der Waals surface area (Å²) in [5.41, 5.74) is 1.25. The lowest BCUT2D eigenvalue weighted by Crippen LogP contribution is -2.30. The zero-order valence-electron chi connectivity index (χ0n) is 14.1. The summed E-state index contributed by atoms with van der Waals surface area (Å²) in [6, 6.07) is 11.0. The minimum Gasteiger partial charge on any atom is -0.493 e. The molecule has 1 fully saturated rings. The third-order valence-corrected chi connectivity index (χ3v) is 5.23. The number of thiophene rings is 1. The highest BCUT2D eigenvalue weighted by Crippen LogP contribution is 2.29. The van der Waals surface area contributed by atoms with Crippen LogP contribution in [0.2, 0.25) is 0 Å². The third kappa shape index (κ3) is 5.40. The third-order valence-electron chi connectivity index (χ3n) is 4.38. The molecule has 0 radical (unpaired) electrons. The van der Waals surface area contributed by atoms with Crippen LogP contribution in [0, 0.1) is 0 Å². The number of rotatable bonds is 7. The van der Waals surface area contributed by atoms with Gasteiger partial charge in [-0.25, -0.2) is 0 Å². The molecule has 0 spiro atoms. The van der Waals surface area contributed by atoms with Crippen LogP contribution in [0.5, 0.6) is 11.5 Å². The summed E-state index contributed by atoms with van der Waals surface area (Å²) >= 11 is 1.71. The molecule has 0 atom stereocenters. The molecular formula is C19H26ClNO2S. The Balaban J connectivity index is 0.00000208. The van der Waals surface area contributed by atoms with Gasteiger partial charge >= 0.3 is 0 Å². The minimum absolute atomic E-state index is 0. The maximum Gasteiger partial charge on any atom is 0.161 e. The number of halogens is 1. The van der Waals surface area contributed by atoms with Crippen molar-refractivity contribution in [3.05, 3.63) is 46.2 Å². The highest BCUT2D eigenvalue weighted by atomic mass is 35.5. The van der Waals surface area contributed by atoms with E-state index in [1.54, 1.807) is 18.4 Å². The molecule has 1 aromatic heterocycles. The highest BCUT2D eigenvalue weighted by Gasteiger charge is 2.13. The molecule has 3 nitrogen and oxygen atoms in total. The second kappa shape index (κ2) is 9.92. The first-order chi connectivity index (χ1) is 11.3. The number of benzene rings is 1. The van der Waals surface area contributed by atoms with Crippen LogP contribution in [0.1, 0.15) is 42.5 Å². The summed E-state index contributed by atoms with van der Waals surface area (Å²) in [6.07, 6.45) is 6.72. The number of ether oxygens (including phenoxy) is 2. The standard InChI is InChI=1S/C19H25NO2S.ClH/c1-21-19-12-15(13-20-16-6-3-2-4-7-16)9-10-18(19)22-14-17-8-5-11-23-17;/h5,8-12,16,20H,2-4,6-7,13-14H2,1H3;1H. The minimum atomic E-state index is 0. The summed E-state index contributed by atoms with van der Waals surface area (Å²) < 4.78 is 11.4. The molecule has 5 heteroatoms. The second-order valence-corrected chi connectivity index (χ2v) is 7.10. The number of nitrogens with one attached hydrogen (secondary N) is 1. The Morgan fingerprint density at radius 2 is 1.96 bits per heavy atom. The number of hydrogen-bond acceptors (Lipinski definition) is 4. The van der Waals surface area contributed by atoms with Crippen molar-refractivity contribution >= 4 is 23.7 Å².